The smallest absolute Gasteiger partial charge is 0.239 e. The Labute approximate surface area is 188 Å². The Balaban J connectivity index is 1.69. The zero-order valence-electron chi connectivity index (χ0n) is 16.7. The molecule has 3 aromatic rings. The zero-order valence-corrected chi connectivity index (χ0v) is 18.3. The van der Waals surface area contributed by atoms with Crippen LogP contribution in [0.4, 0.5) is 5.69 Å². The molecular formula is C26H18BrNO3. The van der Waals surface area contributed by atoms with Crippen molar-refractivity contribution < 1.29 is 14.4 Å². The summed E-state index contributed by atoms with van der Waals surface area (Å²) in [6.07, 6.45) is 0. The van der Waals surface area contributed by atoms with Crippen LogP contribution >= 0.6 is 15.9 Å². The van der Waals surface area contributed by atoms with Gasteiger partial charge in [-0.1, -0.05) is 60.7 Å². The number of Topliss-reactive ketones (excluding diaryl/α,β-unsaturated/α-hetero) is 1. The number of hydrogen-bond donors (Lipinski definition) is 0. The van der Waals surface area contributed by atoms with Crippen molar-refractivity contribution in [1.29, 1.82) is 0 Å². The Kier molecular flexibility index (Phi) is 3.76. The summed E-state index contributed by atoms with van der Waals surface area (Å²) in [5.74, 6) is -2.24. The Bertz CT molecular complexity index is 1270. The van der Waals surface area contributed by atoms with E-state index in [9.17, 15) is 14.4 Å². The van der Waals surface area contributed by atoms with Crippen molar-refractivity contribution in [2.24, 2.45) is 11.8 Å². The average Bonchev–Trinajstić information content (AvgIpc) is 3.05. The normalized spacial score (nSPS) is 27.7. The summed E-state index contributed by atoms with van der Waals surface area (Å²) in [4.78, 5) is 42.6. The second-order valence-corrected chi connectivity index (χ2v) is 9.34. The highest BCUT2D eigenvalue weighted by atomic mass is 79.9. The lowest BCUT2D eigenvalue weighted by atomic mass is 9.46. The summed E-state index contributed by atoms with van der Waals surface area (Å²) < 4.78 is 0.676. The molecule has 1 fully saturated rings. The molecule has 1 heterocycles. The Morgan fingerprint density at radius 2 is 1.39 bits per heavy atom. The maximum Gasteiger partial charge on any atom is 0.239 e. The van der Waals surface area contributed by atoms with Crippen molar-refractivity contribution in [1.82, 2.24) is 0 Å². The molecule has 2 atom stereocenters. The maximum atomic E-state index is 14.0. The van der Waals surface area contributed by atoms with Gasteiger partial charge in [-0.05, 0) is 57.2 Å². The molecule has 4 nitrogen and oxygen atoms in total. The number of nitrogens with zero attached hydrogens (tertiary/aromatic N) is 1. The van der Waals surface area contributed by atoms with Crippen LogP contribution in [0.25, 0.3) is 0 Å². The molecule has 0 aromatic heterocycles. The summed E-state index contributed by atoms with van der Waals surface area (Å²) in [6, 6.07) is 22.9. The minimum absolute atomic E-state index is 0.101. The standard InChI is InChI=1S/C26H18BrNO3/c1-14(29)26-17-10-4-2-8-15(17)21(16-9-3-5-11-18(16)26)22-23(26)25(31)28(24(22)30)20-13-7-6-12-19(20)27/h2-13,21-23H,1H3/t21?,22-,23+,26?/m1/s1. The molecule has 0 spiro atoms. The number of imide groups is 1. The minimum Gasteiger partial charge on any atom is -0.299 e. The first-order chi connectivity index (χ1) is 15.0. The summed E-state index contributed by atoms with van der Waals surface area (Å²) in [5.41, 5.74) is 3.05. The number of carbonyl (C=O) groups is 3. The first-order valence-corrected chi connectivity index (χ1v) is 11.1. The number of hydrogen-bond acceptors (Lipinski definition) is 3. The number of para-hydroxylation sites is 1. The van der Waals surface area contributed by atoms with E-state index in [1.165, 1.54) is 4.90 Å². The second-order valence-electron chi connectivity index (χ2n) is 8.48. The van der Waals surface area contributed by atoms with Gasteiger partial charge in [0, 0.05) is 10.4 Å². The maximum absolute atomic E-state index is 14.0. The van der Waals surface area contributed by atoms with Crippen LogP contribution < -0.4 is 4.90 Å². The molecule has 3 aromatic carbocycles. The van der Waals surface area contributed by atoms with Gasteiger partial charge in [0.05, 0.1) is 22.9 Å². The SMILES string of the molecule is CC(=O)C12c3ccccc3C(c3ccccc31)[C@H]1C(=O)N(c3ccccc3Br)C(=O)[C@H]12. The topological polar surface area (TPSA) is 54.5 Å². The van der Waals surface area contributed by atoms with E-state index in [0.717, 1.165) is 22.3 Å². The van der Waals surface area contributed by atoms with Gasteiger partial charge in [0.1, 0.15) is 5.78 Å². The molecule has 1 aliphatic heterocycles. The molecule has 0 radical (unpaired) electrons. The summed E-state index contributed by atoms with van der Waals surface area (Å²) >= 11 is 3.49. The van der Waals surface area contributed by atoms with E-state index in [0.29, 0.717) is 10.2 Å². The molecule has 2 bridgehead atoms. The largest absolute Gasteiger partial charge is 0.299 e. The number of ketones is 1. The molecule has 7 rings (SSSR count). The zero-order chi connectivity index (χ0) is 21.5. The van der Waals surface area contributed by atoms with Gasteiger partial charge in [-0.3, -0.25) is 14.4 Å². The summed E-state index contributed by atoms with van der Waals surface area (Å²) in [6.45, 7) is 1.55. The minimum atomic E-state index is -1.16. The molecule has 0 unspecified atom stereocenters. The van der Waals surface area contributed by atoms with E-state index in [2.05, 4.69) is 15.9 Å². The second kappa shape index (κ2) is 6.24. The van der Waals surface area contributed by atoms with Crippen molar-refractivity contribution in [2.75, 3.05) is 4.90 Å². The quantitative estimate of drug-likeness (QED) is 0.513. The van der Waals surface area contributed by atoms with Gasteiger partial charge in [-0.15, -0.1) is 0 Å². The molecule has 31 heavy (non-hydrogen) atoms. The summed E-state index contributed by atoms with van der Waals surface area (Å²) in [5, 5.41) is 0. The van der Waals surface area contributed by atoms with Crippen LogP contribution in [0.1, 0.15) is 35.1 Å². The highest BCUT2D eigenvalue weighted by molar-refractivity contribution is 9.10. The number of halogens is 1. The van der Waals surface area contributed by atoms with Crippen molar-refractivity contribution in [2.45, 2.75) is 18.3 Å². The van der Waals surface area contributed by atoms with E-state index >= 15 is 0 Å². The van der Waals surface area contributed by atoms with Gasteiger partial charge >= 0.3 is 0 Å². The van der Waals surface area contributed by atoms with Crippen LogP contribution in [-0.4, -0.2) is 17.6 Å². The molecule has 152 valence electrons. The monoisotopic (exact) mass is 471 g/mol. The average molecular weight is 472 g/mol. The van der Waals surface area contributed by atoms with E-state index in [4.69, 9.17) is 0 Å². The van der Waals surface area contributed by atoms with Crippen LogP contribution in [-0.2, 0) is 19.8 Å². The van der Waals surface area contributed by atoms with Crippen molar-refractivity contribution >= 4 is 39.2 Å². The van der Waals surface area contributed by atoms with Crippen LogP contribution in [0.2, 0.25) is 0 Å². The van der Waals surface area contributed by atoms with Gasteiger partial charge in [0.2, 0.25) is 11.8 Å². The summed E-state index contributed by atoms with van der Waals surface area (Å²) in [7, 11) is 0. The van der Waals surface area contributed by atoms with Crippen molar-refractivity contribution in [3.8, 4) is 0 Å². The van der Waals surface area contributed by atoms with Gasteiger partial charge in [0.25, 0.3) is 0 Å². The highest BCUT2D eigenvalue weighted by Gasteiger charge is 2.70. The molecule has 4 aliphatic rings. The molecule has 1 saturated heterocycles. The fourth-order valence-corrected chi connectivity index (χ4v) is 6.70. The Hall–Kier alpha value is -3.05. The van der Waals surface area contributed by atoms with Crippen LogP contribution in [0.15, 0.2) is 77.3 Å². The van der Waals surface area contributed by atoms with Crippen molar-refractivity contribution in [3.05, 3.63) is 99.5 Å². The van der Waals surface area contributed by atoms with Gasteiger partial charge < -0.3 is 0 Å². The first-order valence-electron chi connectivity index (χ1n) is 10.3. The van der Waals surface area contributed by atoms with E-state index in [1.807, 2.05) is 66.7 Å². The highest BCUT2D eigenvalue weighted by Crippen LogP contribution is 2.64. The molecule has 2 amide bonds. The van der Waals surface area contributed by atoms with Crippen LogP contribution in [0.3, 0.4) is 0 Å². The van der Waals surface area contributed by atoms with Gasteiger partial charge in [-0.25, -0.2) is 4.90 Å². The van der Waals surface area contributed by atoms with E-state index < -0.39 is 17.3 Å². The Morgan fingerprint density at radius 3 is 1.97 bits per heavy atom. The first kappa shape index (κ1) is 18.7. The lowest BCUT2D eigenvalue weighted by molar-refractivity contribution is -0.132. The predicted octanol–water partition coefficient (Wildman–Crippen LogP) is 4.59. The number of benzene rings is 3. The predicted molar refractivity (Wildman–Crippen MR) is 120 cm³/mol. The number of anilines is 1. The number of amides is 2. The lowest BCUT2D eigenvalue weighted by Gasteiger charge is -2.52. The molecule has 3 aliphatic carbocycles. The van der Waals surface area contributed by atoms with Crippen LogP contribution in [0.5, 0.6) is 0 Å². The fraction of sp³-hybridized carbons (Fsp3) is 0.192. The van der Waals surface area contributed by atoms with E-state index in [1.54, 1.807) is 13.0 Å². The molecular weight excluding hydrogens is 454 g/mol. The van der Waals surface area contributed by atoms with Gasteiger partial charge in [-0.2, -0.15) is 0 Å². The fourth-order valence-electron chi connectivity index (χ4n) is 6.24. The molecule has 0 saturated carbocycles. The Morgan fingerprint density at radius 1 is 0.839 bits per heavy atom. The third kappa shape index (κ3) is 2.07. The van der Waals surface area contributed by atoms with Gasteiger partial charge in [0.15, 0.2) is 0 Å². The number of carbonyl (C=O) groups excluding carboxylic acids is 3. The lowest BCUT2D eigenvalue weighted by Crippen LogP contribution is -2.57. The van der Waals surface area contributed by atoms with Crippen LogP contribution in [0, 0.1) is 11.8 Å². The molecule has 5 heteroatoms. The molecule has 0 N–H and O–H groups in total. The van der Waals surface area contributed by atoms with Crippen molar-refractivity contribution in [3.63, 3.8) is 0 Å². The van der Waals surface area contributed by atoms with E-state index in [-0.39, 0.29) is 23.5 Å². The number of rotatable bonds is 2. The third-order valence-corrected chi connectivity index (χ3v) is 7.94. The third-order valence-electron chi connectivity index (χ3n) is 7.27.